The molecule has 1 rings (SSSR count). The van der Waals surface area contributed by atoms with Crippen molar-refractivity contribution in [2.24, 2.45) is 0 Å². The van der Waals surface area contributed by atoms with E-state index >= 15 is 0 Å². The Bertz CT molecular complexity index is 505. The van der Waals surface area contributed by atoms with E-state index in [4.69, 9.17) is 5.11 Å². The van der Waals surface area contributed by atoms with E-state index in [9.17, 15) is 14.4 Å². The number of carbonyl (C=O) groups excluding carboxylic acids is 2. The van der Waals surface area contributed by atoms with Gasteiger partial charge in [0.15, 0.2) is 0 Å². The maximum Gasteiger partial charge on any atom is 0.319 e. The molecule has 1 aromatic rings. The third-order valence-electron chi connectivity index (χ3n) is 2.40. The third kappa shape index (κ3) is 7.93. The monoisotopic (exact) mass is 357 g/mol. The summed E-state index contributed by atoms with van der Waals surface area (Å²) < 4.78 is 0.909. The summed E-state index contributed by atoms with van der Waals surface area (Å²) in [7, 11) is 0. The predicted molar refractivity (Wildman–Crippen MR) is 81.0 cm³/mol. The van der Waals surface area contributed by atoms with Gasteiger partial charge < -0.3 is 21.1 Å². The van der Waals surface area contributed by atoms with Gasteiger partial charge in [0, 0.05) is 29.7 Å². The van der Waals surface area contributed by atoms with Crippen LogP contribution in [0.4, 0.5) is 10.5 Å². The SMILES string of the molecule is O=C(O)CCNC(=O)CCNC(=O)Nc1ccc(Br)cc1. The lowest BCUT2D eigenvalue weighted by Gasteiger charge is -2.08. The van der Waals surface area contributed by atoms with E-state index < -0.39 is 12.0 Å². The van der Waals surface area contributed by atoms with Crippen molar-refractivity contribution in [3.05, 3.63) is 28.7 Å². The number of urea groups is 1. The van der Waals surface area contributed by atoms with E-state index in [0.717, 1.165) is 4.47 Å². The van der Waals surface area contributed by atoms with E-state index in [-0.39, 0.29) is 31.8 Å². The van der Waals surface area contributed by atoms with Crippen LogP contribution in [-0.2, 0) is 9.59 Å². The standard InChI is InChI=1S/C13H16BrN3O4/c14-9-1-3-10(4-2-9)17-13(21)16-7-5-11(18)15-8-6-12(19)20/h1-4H,5-8H2,(H,15,18)(H,19,20)(H2,16,17,21). The molecule has 0 bridgehead atoms. The summed E-state index contributed by atoms with van der Waals surface area (Å²) in [6.45, 7) is 0.251. The first-order valence-corrected chi connectivity index (χ1v) is 7.05. The average Bonchev–Trinajstić information content (AvgIpc) is 2.41. The fourth-order valence-electron chi connectivity index (χ4n) is 1.40. The highest BCUT2D eigenvalue weighted by Gasteiger charge is 2.05. The molecule has 3 amide bonds. The lowest BCUT2D eigenvalue weighted by Crippen LogP contribution is -2.33. The molecular weight excluding hydrogens is 342 g/mol. The van der Waals surface area contributed by atoms with Crippen molar-refractivity contribution in [2.75, 3.05) is 18.4 Å². The van der Waals surface area contributed by atoms with Crippen LogP contribution in [-0.4, -0.2) is 36.1 Å². The Morgan fingerprint density at radius 2 is 1.62 bits per heavy atom. The number of nitrogens with one attached hydrogen (secondary N) is 3. The average molecular weight is 358 g/mol. The van der Waals surface area contributed by atoms with Crippen molar-refractivity contribution in [1.29, 1.82) is 0 Å². The van der Waals surface area contributed by atoms with Crippen molar-refractivity contribution in [1.82, 2.24) is 10.6 Å². The Kier molecular flexibility index (Phi) is 7.24. The molecule has 0 spiro atoms. The van der Waals surface area contributed by atoms with Crippen LogP contribution >= 0.6 is 15.9 Å². The van der Waals surface area contributed by atoms with Crippen LogP contribution in [0.15, 0.2) is 28.7 Å². The largest absolute Gasteiger partial charge is 0.481 e. The summed E-state index contributed by atoms with van der Waals surface area (Å²) in [5, 5.41) is 16.0. The molecular formula is C13H16BrN3O4. The first-order chi connectivity index (χ1) is 9.97. The van der Waals surface area contributed by atoms with E-state index in [1.807, 2.05) is 0 Å². The van der Waals surface area contributed by atoms with Gasteiger partial charge in [-0.3, -0.25) is 9.59 Å². The van der Waals surface area contributed by atoms with Crippen molar-refractivity contribution in [3.63, 3.8) is 0 Å². The quantitative estimate of drug-likeness (QED) is 0.593. The Labute approximate surface area is 130 Å². The van der Waals surface area contributed by atoms with Gasteiger partial charge >= 0.3 is 12.0 Å². The second-order valence-corrected chi connectivity index (χ2v) is 5.05. The second-order valence-electron chi connectivity index (χ2n) is 4.13. The maximum atomic E-state index is 11.5. The molecule has 0 unspecified atom stereocenters. The lowest BCUT2D eigenvalue weighted by molar-refractivity contribution is -0.136. The van der Waals surface area contributed by atoms with Crippen LogP contribution in [0, 0.1) is 0 Å². The minimum Gasteiger partial charge on any atom is -0.481 e. The minimum atomic E-state index is -0.970. The molecule has 0 aromatic heterocycles. The Hall–Kier alpha value is -2.09. The number of hydrogen-bond acceptors (Lipinski definition) is 3. The van der Waals surface area contributed by atoms with E-state index in [2.05, 4.69) is 31.9 Å². The first-order valence-electron chi connectivity index (χ1n) is 6.26. The van der Waals surface area contributed by atoms with Crippen LogP contribution in [0.1, 0.15) is 12.8 Å². The molecule has 0 radical (unpaired) electrons. The fraction of sp³-hybridized carbons (Fsp3) is 0.308. The summed E-state index contributed by atoms with van der Waals surface area (Å²) in [5.41, 5.74) is 0.640. The molecule has 0 aliphatic rings. The molecule has 4 N–H and O–H groups in total. The van der Waals surface area contributed by atoms with E-state index in [0.29, 0.717) is 5.69 Å². The van der Waals surface area contributed by atoms with Crippen LogP contribution in [0.25, 0.3) is 0 Å². The highest BCUT2D eigenvalue weighted by molar-refractivity contribution is 9.10. The molecule has 0 saturated carbocycles. The van der Waals surface area contributed by atoms with Gasteiger partial charge in [0.05, 0.1) is 6.42 Å². The van der Waals surface area contributed by atoms with Crippen LogP contribution in [0.2, 0.25) is 0 Å². The third-order valence-corrected chi connectivity index (χ3v) is 2.93. The van der Waals surface area contributed by atoms with Gasteiger partial charge in [-0.15, -0.1) is 0 Å². The molecule has 0 atom stereocenters. The van der Waals surface area contributed by atoms with E-state index in [1.54, 1.807) is 24.3 Å². The Morgan fingerprint density at radius 1 is 1.00 bits per heavy atom. The zero-order valence-corrected chi connectivity index (χ0v) is 12.8. The molecule has 0 aliphatic heterocycles. The predicted octanol–water partition coefficient (Wildman–Crippen LogP) is 1.55. The van der Waals surface area contributed by atoms with Gasteiger partial charge in [-0.25, -0.2) is 4.79 Å². The molecule has 7 nitrogen and oxygen atoms in total. The van der Waals surface area contributed by atoms with Gasteiger partial charge in [0.2, 0.25) is 5.91 Å². The van der Waals surface area contributed by atoms with Gasteiger partial charge in [-0.2, -0.15) is 0 Å². The summed E-state index contributed by atoms with van der Waals surface area (Å²) >= 11 is 3.29. The number of rotatable bonds is 7. The zero-order valence-electron chi connectivity index (χ0n) is 11.2. The smallest absolute Gasteiger partial charge is 0.319 e. The van der Waals surface area contributed by atoms with E-state index in [1.165, 1.54) is 0 Å². The number of carbonyl (C=O) groups is 3. The highest BCUT2D eigenvalue weighted by atomic mass is 79.9. The number of hydrogen-bond donors (Lipinski definition) is 4. The highest BCUT2D eigenvalue weighted by Crippen LogP contribution is 2.13. The maximum absolute atomic E-state index is 11.5. The number of benzene rings is 1. The van der Waals surface area contributed by atoms with Gasteiger partial charge in [-0.1, -0.05) is 15.9 Å². The van der Waals surface area contributed by atoms with Crippen molar-refractivity contribution >= 4 is 39.5 Å². The molecule has 0 saturated heterocycles. The molecule has 8 heteroatoms. The van der Waals surface area contributed by atoms with Crippen LogP contribution in [0.3, 0.4) is 0 Å². The number of halogens is 1. The fourth-order valence-corrected chi connectivity index (χ4v) is 1.66. The zero-order chi connectivity index (χ0) is 15.7. The first kappa shape index (κ1) is 17.0. The number of aliphatic carboxylic acids is 1. The minimum absolute atomic E-state index is 0.0826. The van der Waals surface area contributed by atoms with Gasteiger partial charge in [0.1, 0.15) is 0 Å². The Balaban J connectivity index is 2.17. The summed E-state index contributed by atoms with van der Waals surface area (Å²) in [4.78, 5) is 33.1. The molecule has 0 fully saturated rings. The number of amides is 3. The normalized spacial score (nSPS) is 9.76. The summed E-state index contributed by atoms with van der Waals surface area (Å²) in [5.74, 6) is -1.28. The van der Waals surface area contributed by atoms with Gasteiger partial charge in [-0.05, 0) is 24.3 Å². The summed E-state index contributed by atoms with van der Waals surface area (Å²) in [6.07, 6.45) is -0.0312. The molecule has 21 heavy (non-hydrogen) atoms. The van der Waals surface area contributed by atoms with Gasteiger partial charge in [0.25, 0.3) is 0 Å². The van der Waals surface area contributed by atoms with Crippen LogP contribution in [0.5, 0.6) is 0 Å². The topological polar surface area (TPSA) is 108 Å². The van der Waals surface area contributed by atoms with Crippen LogP contribution < -0.4 is 16.0 Å². The Morgan fingerprint density at radius 3 is 2.24 bits per heavy atom. The molecule has 0 heterocycles. The van der Waals surface area contributed by atoms with Crippen molar-refractivity contribution < 1.29 is 19.5 Å². The number of carboxylic acids is 1. The lowest BCUT2D eigenvalue weighted by atomic mass is 10.3. The number of anilines is 1. The molecule has 0 aliphatic carbocycles. The van der Waals surface area contributed by atoms with Crippen molar-refractivity contribution in [3.8, 4) is 0 Å². The number of carboxylic acid groups (broad SMARTS) is 1. The molecule has 1 aromatic carbocycles. The molecule has 114 valence electrons. The second kappa shape index (κ2) is 8.96. The van der Waals surface area contributed by atoms with Crippen molar-refractivity contribution in [2.45, 2.75) is 12.8 Å². The summed E-state index contributed by atoms with van der Waals surface area (Å²) in [6, 6.07) is 6.66.